The Balaban J connectivity index is 1.79. The number of carbonyl (C=O) groups excluding carboxylic acids is 1. The zero-order chi connectivity index (χ0) is 24.0. The number of sulfonamides is 1. The van der Waals surface area contributed by atoms with E-state index < -0.39 is 10.0 Å². The van der Waals surface area contributed by atoms with Gasteiger partial charge >= 0.3 is 0 Å². The molecule has 1 amide bonds. The molecular weight excluding hydrogens is 438 g/mol. The van der Waals surface area contributed by atoms with Crippen molar-refractivity contribution in [1.82, 2.24) is 10.3 Å². The summed E-state index contributed by atoms with van der Waals surface area (Å²) in [6.45, 7) is 8.33. The molecule has 1 heterocycles. The number of rotatable bonds is 9. The van der Waals surface area contributed by atoms with Crippen LogP contribution in [0.4, 0.5) is 5.69 Å². The minimum atomic E-state index is -3.78. The van der Waals surface area contributed by atoms with Gasteiger partial charge in [0.2, 0.25) is 5.88 Å². The van der Waals surface area contributed by atoms with Gasteiger partial charge in [-0.1, -0.05) is 32.0 Å². The topological polar surface area (TPSA) is 97.4 Å². The van der Waals surface area contributed by atoms with E-state index >= 15 is 0 Å². The maximum Gasteiger partial charge on any atom is 0.262 e. The first-order valence-electron chi connectivity index (χ1n) is 10.8. The molecule has 2 aromatic carbocycles. The largest absolute Gasteiger partial charge is 0.438 e. The Labute approximate surface area is 195 Å². The van der Waals surface area contributed by atoms with Crippen LogP contribution in [0.15, 0.2) is 65.7 Å². The average molecular weight is 468 g/mol. The van der Waals surface area contributed by atoms with Crippen LogP contribution >= 0.6 is 0 Å². The highest BCUT2D eigenvalue weighted by Crippen LogP contribution is 2.27. The summed E-state index contributed by atoms with van der Waals surface area (Å²) in [6.07, 6.45) is 2.40. The third-order valence-corrected chi connectivity index (χ3v) is 6.48. The fraction of sp³-hybridized carbons (Fsp3) is 0.280. The lowest BCUT2D eigenvalue weighted by atomic mass is 10.1. The molecule has 0 bridgehead atoms. The Morgan fingerprint density at radius 2 is 1.85 bits per heavy atom. The summed E-state index contributed by atoms with van der Waals surface area (Å²) in [5.41, 5.74) is 2.16. The first-order valence-corrected chi connectivity index (χ1v) is 12.3. The highest BCUT2D eigenvalue weighted by Gasteiger charge is 2.18. The van der Waals surface area contributed by atoms with Gasteiger partial charge in [-0.05, 0) is 67.6 Å². The summed E-state index contributed by atoms with van der Waals surface area (Å²) in [6, 6.07) is 15.1. The number of carbonyl (C=O) groups is 1. The van der Waals surface area contributed by atoms with Crippen molar-refractivity contribution in [3.8, 4) is 11.6 Å². The molecule has 7 nitrogen and oxygen atoms in total. The monoisotopic (exact) mass is 467 g/mol. The number of amides is 1. The van der Waals surface area contributed by atoms with Gasteiger partial charge in [0.25, 0.3) is 15.9 Å². The molecule has 0 aliphatic heterocycles. The minimum absolute atomic E-state index is 0.147. The zero-order valence-corrected chi connectivity index (χ0v) is 20.1. The molecule has 1 aromatic heterocycles. The summed E-state index contributed by atoms with van der Waals surface area (Å²) in [5, 5.41) is 2.88. The van der Waals surface area contributed by atoms with E-state index in [1.54, 1.807) is 55.5 Å². The summed E-state index contributed by atoms with van der Waals surface area (Å²) >= 11 is 0. The molecule has 3 rings (SSSR count). The fourth-order valence-electron chi connectivity index (χ4n) is 3.16. The standard InChI is InChI=1S/C25H29N3O4S/c1-17(2)12-14-26-24(29)22-9-6-13-27-25(22)32-21-8-5-7-20(16-21)28-33(30,31)23-15-18(3)10-11-19(23)4/h5-11,13,15-17,28H,12,14H2,1-4H3,(H,26,29). The van der Waals surface area contributed by atoms with Crippen LogP contribution in [0.2, 0.25) is 0 Å². The summed E-state index contributed by atoms with van der Waals surface area (Å²) in [7, 11) is -3.78. The number of pyridine rings is 1. The number of aromatic nitrogens is 1. The lowest BCUT2D eigenvalue weighted by molar-refractivity contribution is 0.0949. The molecule has 0 radical (unpaired) electrons. The van der Waals surface area contributed by atoms with Crippen LogP contribution in [0.5, 0.6) is 11.6 Å². The number of hydrogen-bond donors (Lipinski definition) is 2. The molecule has 0 unspecified atom stereocenters. The van der Waals surface area contributed by atoms with Crippen LogP contribution in [-0.2, 0) is 10.0 Å². The molecule has 3 aromatic rings. The molecule has 0 fully saturated rings. The number of hydrogen-bond acceptors (Lipinski definition) is 5. The van der Waals surface area contributed by atoms with E-state index in [4.69, 9.17) is 4.74 Å². The van der Waals surface area contributed by atoms with Crippen molar-refractivity contribution in [2.24, 2.45) is 5.92 Å². The van der Waals surface area contributed by atoms with E-state index in [0.29, 0.717) is 35.0 Å². The Hall–Kier alpha value is -3.39. The van der Waals surface area contributed by atoms with Gasteiger partial charge in [0, 0.05) is 18.8 Å². The molecule has 2 N–H and O–H groups in total. The van der Waals surface area contributed by atoms with Gasteiger partial charge in [-0.3, -0.25) is 9.52 Å². The summed E-state index contributed by atoms with van der Waals surface area (Å²) < 4.78 is 34.3. The van der Waals surface area contributed by atoms with Crippen molar-refractivity contribution < 1.29 is 17.9 Å². The van der Waals surface area contributed by atoms with Gasteiger partial charge in [-0.2, -0.15) is 0 Å². The molecule has 0 spiro atoms. The number of aryl methyl sites for hydroxylation is 2. The van der Waals surface area contributed by atoms with E-state index in [2.05, 4.69) is 28.9 Å². The van der Waals surface area contributed by atoms with Crippen LogP contribution in [-0.4, -0.2) is 25.9 Å². The minimum Gasteiger partial charge on any atom is -0.438 e. The summed E-state index contributed by atoms with van der Waals surface area (Å²) in [5.74, 6) is 0.704. The van der Waals surface area contributed by atoms with Gasteiger partial charge in [0.1, 0.15) is 11.3 Å². The second-order valence-corrected chi connectivity index (χ2v) is 9.95. The van der Waals surface area contributed by atoms with E-state index in [-0.39, 0.29) is 16.7 Å². The number of nitrogens with one attached hydrogen (secondary N) is 2. The normalized spacial score (nSPS) is 11.3. The van der Waals surface area contributed by atoms with Crippen LogP contribution < -0.4 is 14.8 Å². The van der Waals surface area contributed by atoms with Gasteiger partial charge < -0.3 is 10.1 Å². The molecule has 8 heteroatoms. The van der Waals surface area contributed by atoms with E-state index in [1.807, 2.05) is 13.0 Å². The lowest BCUT2D eigenvalue weighted by Crippen LogP contribution is -2.25. The maximum absolute atomic E-state index is 12.9. The van der Waals surface area contributed by atoms with Crippen molar-refractivity contribution in [3.05, 3.63) is 77.5 Å². The zero-order valence-electron chi connectivity index (χ0n) is 19.3. The van der Waals surface area contributed by atoms with Crippen LogP contribution in [0.1, 0.15) is 41.8 Å². The number of benzene rings is 2. The highest BCUT2D eigenvalue weighted by atomic mass is 32.2. The smallest absolute Gasteiger partial charge is 0.262 e. The second-order valence-electron chi connectivity index (χ2n) is 8.30. The number of nitrogens with zero attached hydrogens (tertiary/aromatic N) is 1. The predicted octanol–water partition coefficient (Wildman–Crippen LogP) is 5.07. The maximum atomic E-state index is 12.9. The Morgan fingerprint density at radius 1 is 1.06 bits per heavy atom. The first-order chi connectivity index (χ1) is 15.7. The molecule has 174 valence electrons. The molecule has 33 heavy (non-hydrogen) atoms. The molecule has 0 atom stereocenters. The van der Waals surface area contributed by atoms with Crippen molar-refractivity contribution in [2.75, 3.05) is 11.3 Å². The molecule has 0 saturated carbocycles. The van der Waals surface area contributed by atoms with Gasteiger partial charge in [-0.25, -0.2) is 13.4 Å². The Kier molecular flexibility index (Phi) is 7.71. The van der Waals surface area contributed by atoms with Gasteiger partial charge in [0.15, 0.2) is 0 Å². The van der Waals surface area contributed by atoms with Crippen molar-refractivity contribution in [1.29, 1.82) is 0 Å². The first kappa shape index (κ1) is 24.3. The van der Waals surface area contributed by atoms with E-state index in [1.165, 1.54) is 6.20 Å². The van der Waals surface area contributed by atoms with Crippen molar-refractivity contribution in [2.45, 2.75) is 39.0 Å². The third-order valence-electron chi connectivity index (χ3n) is 4.96. The van der Waals surface area contributed by atoms with E-state index in [0.717, 1.165) is 12.0 Å². The molecule has 0 aliphatic carbocycles. The third kappa shape index (κ3) is 6.55. The molecular formula is C25H29N3O4S. The predicted molar refractivity (Wildman–Crippen MR) is 129 cm³/mol. The fourth-order valence-corrected chi connectivity index (χ4v) is 4.54. The second kappa shape index (κ2) is 10.5. The van der Waals surface area contributed by atoms with Crippen molar-refractivity contribution >= 4 is 21.6 Å². The lowest BCUT2D eigenvalue weighted by Gasteiger charge is -2.13. The van der Waals surface area contributed by atoms with Gasteiger partial charge in [0.05, 0.1) is 10.6 Å². The number of anilines is 1. The SMILES string of the molecule is Cc1ccc(C)c(S(=O)(=O)Nc2cccc(Oc3ncccc3C(=O)NCCC(C)C)c2)c1. The van der Waals surface area contributed by atoms with Crippen LogP contribution in [0.25, 0.3) is 0 Å². The molecule has 0 saturated heterocycles. The van der Waals surface area contributed by atoms with Gasteiger partial charge in [-0.15, -0.1) is 0 Å². The summed E-state index contributed by atoms with van der Waals surface area (Å²) in [4.78, 5) is 17.0. The molecule has 0 aliphatic rings. The van der Waals surface area contributed by atoms with Crippen LogP contribution in [0.3, 0.4) is 0 Å². The van der Waals surface area contributed by atoms with Crippen molar-refractivity contribution in [3.63, 3.8) is 0 Å². The highest BCUT2D eigenvalue weighted by molar-refractivity contribution is 7.92. The van der Waals surface area contributed by atoms with Crippen LogP contribution in [0, 0.1) is 19.8 Å². The van der Waals surface area contributed by atoms with E-state index in [9.17, 15) is 13.2 Å². The number of ether oxygens (including phenoxy) is 1. The average Bonchev–Trinajstić information content (AvgIpc) is 2.75. The Bertz CT molecular complexity index is 1240. The Morgan fingerprint density at radius 3 is 2.61 bits per heavy atom. The quantitative estimate of drug-likeness (QED) is 0.458.